The van der Waals surface area contributed by atoms with E-state index >= 15 is 0 Å². The Morgan fingerprint density at radius 1 is 1.39 bits per heavy atom. The van der Waals surface area contributed by atoms with Gasteiger partial charge in [-0.3, -0.25) is 9.69 Å². The third-order valence-electron chi connectivity index (χ3n) is 4.81. The van der Waals surface area contributed by atoms with Crippen molar-refractivity contribution >= 4 is 29.2 Å². The van der Waals surface area contributed by atoms with Crippen LogP contribution in [0.1, 0.15) is 18.6 Å². The fraction of sp³-hybridized carbons (Fsp3) is 0.562. The lowest BCUT2D eigenvalue weighted by Crippen LogP contribution is -2.64. The molecule has 0 saturated carbocycles. The number of carboxylic acids is 1. The summed E-state index contributed by atoms with van der Waals surface area (Å²) < 4.78 is 6.04. The number of hydrogen-bond acceptors (Lipinski definition) is 4. The van der Waals surface area contributed by atoms with Gasteiger partial charge in [0.2, 0.25) is 0 Å². The van der Waals surface area contributed by atoms with Gasteiger partial charge >= 0.3 is 5.97 Å². The molecule has 2 aliphatic heterocycles. The molecule has 1 aromatic carbocycles. The third-order valence-corrected chi connectivity index (χ3v) is 5.55. The minimum Gasteiger partial charge on any atom is -0.481 e. The van der Waals surface area contributed by atoms with Crippen molar-refractivity contribution in [3.63, 3.8) is 0 Å². The van der Waals surface area contributed by atoms with Gasteiger partial charge in [0.05, 0.1) is 34.7 Å². The van der Waals surface area contributed by atoms with Gasteiger partial charge < -0.3 is 15.2 Å². The summed E-state index contributed by atoms with van der Waals surface area (Å²) in [5.41, 5.74) is 0.971. The zero-order valence-electron chi connectivity index (χ0n) is 12.8. The van der Waals surface area contributed by atoms with E-state index in [1.807, 2.05) is 19.1 Å². The first-order valence-electron chi connectivity index (χ1n) is 7.75. The largest absolute Gasteiger partial charge is 0.481 e. The second-order valence-corrected chi connectivity index (χ2v) is 6.93. The molecule has 23 heavy (non-hydrogen) atoms. The summed E-state index contributed by atoms with van der Waals surface area (Å²) in [5.74, 6) is -1.05. The van der Waals surface area contributed by atoms with E-state index in [2.05, 4.69) is 10.2 Å². The van der Waals surface area contributed by atoms with Gasteiger partial charge in [-0.25, -0.2) is 0 Å². The van der Waals surface area contributed by atoms with Crippen LogP contribution in [0.25, 0.3) is 0 Å². The third kappa shape index (κ3) is 3.35. The number of carbonyl (C=O) groups is 1. The molecule has 126 valence electrons. The molecule has 5 nitrogen and oxygen atoms in total. The molecule has 0 radical (unpaired) electrons. The van der Waals surface area contributed by atoms with Gasteiger partial charge in [0.1, 0.15) is 0 Å². The molecule has 3 rings (SSSR count). The van der Waals surface area contributed by atoms with Crippen molar-refractivity contribution in [1.82, 2.24) is 10.2 Å². The highest BCUT2D eigenvalue weighted by Crippen LogP contribution is 2.36. The first-order valence-corrected chi connectivity index (χ1v) is 8.50. The maximum atomic E-state index is 11.2. The van der Waals surface area contributed by atoms with Crippen LogP contribution >= 0.6 is 23.2 Å². The lowest BCUT2D eigenvalue weighted by Gasteiger charge is -2.50. The molecule has 4 unspecified atom stereocenters. The fourth-order valence-corrected chi connectivity index (χ4v) is 3.69. The van der Waals surface area contributed by atoms with E-state index in [0.717, 1.165) is 18.7 Å². The number of nitrogens with zero attached hydrogens (tertiary/aromatic N) is 1. The van der Waals surface area contributed by atoms with Gasteiger partial charge in [0, 0.05) is 25.7 Å². The standard InChI is InChI=1S/C16H20Cl2N2O3/c1-9-11(16(21)22)8-20(9)14-7-19-4-5-23-15(14)10-2-3-12(17)13(18)6-10/h2-3,6,9,11,14-15,19H,4-5,7-8H2,1H3,(H,21,22). The summed E-state index contributed by atoms with van der Waals surface area (Å²) in [6.07, 6.45) is -0.156. The number of halogens is 2. The SMILES string of the molecule is CC1C(C(=O)O)CN1C1CNCCOC1c1ccc(Cl)c(Cl)c1. The molecule has 0 bridgehead atoms. The van der Waals surface area contributed by atoms with Crippen molar-refractivity contribution in [2.45, 2.75) is 25.1 Å². The highest BCUT2D eigenvalue weighted by molar-refractivity contribution is 6.42. The number of likely N-dealkylation sites (tertiary alicyclic amines) is 1. The molecule has 0 spiro atoms. The topological polar surface area (TPSA) is 61.8 Å². The van der Waals surface area contributed by atoms with Crippen molar-refractivity contribution in [3.05, 3.63) is 33.8 Å². The number of carboxylic acid groups (broad SMARTS) is 1. The highest BCUT2D eigenvalue weighted by atomic mass is 35.5. The Balaban J connectivity index is 1.83. The molecule has 0 aliphatic carbocycles. The Kier molecular flexibility index (Phi) is 5.13. The van der Waals surface area contributed by atoms with E-state index in [-0.39, 0.29) is 24.1 Å². The van der Waals surface area contributed by atoms with E-state index in [4.69, 9.17) is 27.9 Å². The zero-order chi connectivity index (χ0) is 16.6. The van der Waals surface area contributed by atoms with Crippen LogP contribution < -0.4 is 5.32 Å². The van der Waals surface area contributed by atoms with Gasteiger partial charge in [0.15, 0.2) is 0 Å². The van der Waals surface area contributed by atoms with Gasteiger partial charge in [0.25, 0.3) is 0 Å². The Hall–Kier alpha value is -0.850. The summed E-state index contributed by atoms with van der Waals surface area (Å²) in [6.45, 7) is 4.63. The first kappa shape index (κ1) is 17.0. The van der Waals surface area contributed by atoms with E-state index in [9.17, 15) is 9.90 Å². The summed E-state index contributed by atoms with van der Waals surface area (Å²) in [4.78, 5) is 13.4. The van der Waals surface area contributed by atoms with Crippen LogP contribution in [0.4, 0.5) is 0 Å². The van der Waals surface area contributed by atoms with Crippen LogP contribution in [0.2, 0.25) is 10.0 Å². The van der Waals surface area contributed by atoms with Crippen molar-refractivity contribution in [1.29, 1.82) is 0 Å². The molecule has 7 heteroatoms. The second kappa shape index (κ2) is 6.95. The number of benzene rings is 1. The Labute approximate surface area is 145 Å². The molecule has 2 N–H and O–H groups in total. The molecule has 2 saturated heterocycles. The maximum absolute atomic E-state index is 11.2. The van der Waals surface area contributed by atoms with Crippen LogP contribution in [-0.4, -0.2) is 54.3 Å². The molecule has 1 aromatic rings. The molecule has 2 fully saturated rings. The fourth-order valence-electron chi connectivity index (χ4n) is 3.39. The van der Waals surface area contributed by atoms with E-state index in [0.29, 0.717) is 23.2 Å². The van der Waals surface area contributed by atoms with Gasteiger partial charge in [-0.05, 0) is 24.6 Å². The van der Waals surface area contributed by atoms with E-state index < -0.39 is 5.97 Å². The summed E-state index contributed by atoms with van der Waals surface area (Å²) in [5, 5.41) is 13.6. The predicted molar refractivity (Wildman–Crippen MR) is 89.1 cm³/mol. The lowest BCUT2D eigenvalue weighted by molar-refractivity contribution is -0.157. The molecule has 2 heterocycles. The monoisotopic (exact) mass is 358 g/mol. The smallest absolute Gasteiger partial charge is 0.309 e. The number of rotatable bonds is 3. The van der Waals surface area contributed by atoms with Crippen LogP contribution in [0, 0.1) is 5.92 Å². The number of aliphatic carboxylic acids is 1. The number of nitrogens with one attached hydrogen (secondary N) is 1. The predicted octanol–water partition coefficient (Wildman–Crippen LogP) is 2.43. The van der Waals surface area contributed by atoms with E-state index in [1.165, 1.54) is 0 Å². The van der Waals surface area contributed by atoms with Gasteiger partial charge in [-0.2, -0.15) is 0 Å². The Bertz CT molecular complexity index is 599. The summed E-state index contributed by atoms with van der Waals surface area (Å²) in [7, 11) is 0. The van der Waals surface area contributed by atoms with Crippen molar-refractivity contribution < 1.29 is 14.6 Å². The summed E-state index contributed by atoms with van der Waals surface area (Å²) >= 11 is 12.2. The van der Waals surface area contributed by atoms with Crippen molar-refractivity contribution in [2.24, 2.45) is 5.92 Å². The van der Waals surface area contributed by atoms with Crippen molar-refractivity contribution in [3.8, 4) is 0 Å². The van der Waals surface area contributed by atoms with Crippen LogP contribution in [0.15, 0.2) is 18.2 Å². The van der Waals surface area contributed by atoms with Gasteiger partial charge in [-0.15, -0.1) is 0 Å². The van der Waals surface area contributed by atoms with E-state index in [1.54, 1.807) is 6.07 Å². The molecule has 0 aromatic heterocycles. The van der Waals surface area contributed by atoms with Crippen LogP contribution in [0.5, 0.6) is 0 Å². The quantitative estimate of drug-likeness (QED) is 0.868. The summed E-state index contributed by atoms with van der Waals surface area (Å²) in [6, 6.07) is 5.60. The first-order chi connectivity index (χ1) is 11.0. The average Bonchev–Trinajstić information content (AvgIpc) is 2.74. The molecule has 0 amide bonds. The minimum absolute atomic E-state index is 0.00808. The Morgan fingerprint density at radius 3 is 2.83 bits per heavy atom. The maximum Gasteiger partial charge on any atom is 0.309 e. The molecule has 2 aliphatic rings. The van der Waals surface area contributed by atoms with Crippen molar-refractivity contribution in [2.75, 3.05) is 26.2 Å². The highest BCUT2D eigenvalue weighted by Gasteiger charge is 2.46. The number of ether oxygens (including phenoxy) is 1. The Morgan fingerprint density at radius 2 is 2.17 bits per heavy atom. The van der Waals surface area contributed by atoms with Crippen LogP contribution in [0.3, 0.4) is 0 Å². The molecular formula is C16H20Cl2N2O3. The molecular weight excluding hydrogens is 339 g/mol. The average molecular weight is 359 g/mol. The number of hydrogen-bond donors (Lipinski definition) is 2. The zero-order valence-corrected chi connectivity index (χ0v) is 14.3. The molecule has 4 atom stereocenters. The van der Waals surface area contributed by atoms with Crippen LogP contribution in [-0.2, 0) is 9.53 Å². The van der Waals surface area contributed by atoms with Gasteiger partial charge in [-0.1, -0.05) is 29.3 Å². The minimum atomic E-state index is -0.734. The normalized spacial score (nSPS) is 32.1. The lowest BCUT2D eigenvalue weighted by atomic mass is 9.85. The second-order valence-electron chi connectivity index (χ2n) is 6.12.